The molecule has 14 heteroatoms. The van der Waals surface area contributed by atoms with Gasteiger partial charge in [-0.1, -0.05) is 77.8 Å². The Bertz CT molecular complexity index is 2470. The number of nitrogens with zero attached hydrogens (tertiary/aromatic N) is 4. The minimum Gasteiger partial charge on any atom is -0.489 e. The van der Waals surface area contributed by atoms with Crippen molar-refractivity contribution in [2.45, 2.75) is 51.2 Å². The number of rotatable bonds is 16. The predicted molar refractivity (Wildman–Crippen MR) is 218 cm³/mol. The number of carboxylic acid groups (broad SMARTS) is 1. The van der Waals surface area contributed by atoms with E-state index in [1.165, 1.54) is 6.20 Å². The first-order valence-electron chi connectivity index (χ1n) is 18.4. The molecular weight excluding hydrogens is 765 g/mol. The lowest BCUT2D eigenvalue weighted by Crippen LogP contribution is -2.39. The van der Waals surface area contributed by atoms with Crippen LogP contribution in [0.2, 0.25) is 10.0 Å². The van der Waals surface area contributed by atoms with E-state index >= 15 is 0 Å². The third-order valence-corrected chi connectivity index (χ3v) is 10.7. The van der Waals surface area contributed by atoms with Gasteiger partial charge in [0.15, 0.2) is 0 Å². The predicted octanol–water partition coefficient (Wildman–Crippen LogP) is 6.47. The Hall–Kier alpha value is -5.81. The first-order chi connectivity index (χ1) is 27.7. The van der Waals surface area contributed by atoms with Crippen molar-refractivity contribution < 1.29 is 24.5 Å². The molecule has 2 atom stereocenters. The molecule has 1 aliphatic rings. The van der Waals surface area contributed by atoms with E-state index in [2.05, 4.69) is 51.3 Å². The standard InChI is InChI=1S/C43H39Cl2N7O5/c44-37-14-30(20-49-38(24-53)43(55)56)40(57-25-28-13-27(16-46)18-47-19-28)15-31(37)23-52-39-6-2-4-34(36(39)22-50-52)35-5-1-3-33(42(35)45)29-9-7-26(8-10-29)17-48-21-32-11-12-41(54)51-32/h1-10,13-15,18-19,22,32,38,48-49,53H,11-12,17,20-21,23-25H2,(H,51,54)(H,55,56)/t32?,38-/m0/s1. The first kappa shape index (κ1) is 39.4. The van der Waals surface area contributed by atoms with E-state index in [0.29, 0.717) is 57.6 Å². The lowest BCUT2D eigenvalue weighted by Gasteiger charge is -2.18. The molecule has 0 bridgehead atoms. The number of aromatic nitrogens is 3. The zero-order chi connectivity index (χ0) is 39.9. The maximum absolute atomic E-state index is 11.6. The average molecular weight is 805 g/mol. The molecule has 5 N–H and O–H groups in total. The van der Waals surface area contributed by atoms with Crippen molar-refractivity contribution in [3.8, 4) is 34.1 Å². The Kier molecular flexibility index (Phi) is 12.4. The summed E-state index contributed by atoms with van der Waals surface area (Å²) in [5, 5.41) is 44.3. The molecule has 1 fully saturated rings. The summed E-state index contributed by atoms with van der Waals surface area (Å²) in [7, 11) is 0. The molecule has 6 aromatic rings. The van der Waals surface area contributed by atoms with Gasteiger partial charge in [-0.05, 0) is 52.9 Å². The van der Waals surface area contributed by atoms with E-state index in [1.807, 2.05) is 47.3 Å². The number of carboxylic acids is 1. The van der Waals surface area contributed by atoms with Crippen molar-refractivity contribution >= 4 is 46.0 Å². The maximum atomic E-state index is 11.6. The van der Waals surface area contributed by atoms with Crippen molar-refractivity contribution in [3.05, 3.63) is 135 Å². The number of pyridine rings is 1. The van der Waals surface area contributed by atoms with Crippen LogP contribution in [-0.4, -0.2) is 62.1 Å². The summed E-state index contributed by atoms with van der Waals surface area (Å²) in [6, 6.07) is 26.5. The number of aliphatic hydroxyl groups excluding tert-OH is 1. The van der Waals surface area contributed by atoms with Gasteiger partial charge in [0.2, 0.25) is 5.91 Å². The number of nitrogens with one attached hydrogen (secondary N) is 3. The number of aliphatic carboxylic acids is 1. The highest BCUT2D eigenvalue weighted by Crippen LogP contribution is 2.39. The first-order valence-corrected chi connectivity index (χ1v) is 19.1. The van der Waals surface area contributed by atoms with Crippen LogP contribution in [0.1, 0.15) is 40.7 Å². The molecular formula is C43H39Cl2N7O5. The summed E-state index contributed by atoms with van der Waals surface area (Å²) in [4.78, 5) is 27.2. The summed E-state index contributed by atoms with van der Waals surface area (Å²) < 4.78 is 8.06. The molecule has 0 spiro atoms. The van der Waals surface area contributed by atoms with Crippen molar-refractivity contribution in [1.82, 2.24) is 30.7 Å². The molecule has 0 radical (unpaired) electrons. The quantitative estimate of drug-likeness (QED) is 0.0730. The van der Waals surface area contributed by atoms with Gasteiger partial charge < -0.3 is 25.6 Å². The highest BCUT2D eigenvalue weighted by Gasteiger charge is 2.21. The van der Waals surface area contributed by atoms with Crippen molar-refractivity contribution in [2.24, 2.45) is 0 Å². The van der Waals surface area contributed by atoms with Gasteiger partial charge in [0.05, 0.1) is 35.5 Å². The smallest absolute Gasteiger partial charge is 0.323 e. The number of halogens is 2. The van der Waals surface area contributed by atoms with Crippen LogP contribution in [0.5, 0.6) is 5.75 Å². The van der Waals surface area contributed by atoms with Crippen LogP contribution < -0.4 is 20.7 Å². The van der Waals surface area contributed by atoms with Gasteiger partial charge in [0, 0.05) is 77.2 Å². The van der Waals surface area contributed by atoms with E-state index in [4.69, 9.17) is 33.0 Å². The second kappa shape index (κ2) is 18.0. The van der Waals surface area contributed by atoms with Gasteiger partial charge >= 0.3 is 5.97 Å². The van der Waals surface area contributed by atoms with Crippen LogP contribution in [-0.2, 0) is 35.8 Å². The van der Waals surface area contributed by atoms with Crippen LogP contribution in [0, 0.1) is 11.3 Å². The van der Waals surface area contributed by atoms with Gasteiger partial charge in [-0.25, -0.2) is 0 Å². The summed E-state index contributed by atoms with van der Waals surface area (Å²) in [6.07, 6.45) is 6.33. The molecule has 1 aliphatic heterocycles. The molecule has 0 saturated carbocycles. The molecule has 1 amide bonds. The fourth-order valence-corrected chi connectivity index (χ4v) is 7.48. The summed E-state index contributed by atoms with van der Waals surface area (Å²) >= 11 is 14.0. The summed E-state index contributed by atoms with van der Waals surface area (Å²) in [6.45, 7) is 1.28. The number of carbonyl (C=O) groups excluding carboxylic acids is 1. The monoisotopic (exact) mass is 803 g/mol. The molecule has 0 aliphatic carbocycles. The Morgan fingerprint density at radius 3 is 2.53 bits per heavy atom. The van der Waals surface area contributed by atoms with Crippen LogP contribution in [0.15, 0.2) is 97.5 Å². The van der Waals surface area contributed by atoms with Crippen LogP contribution in [0.4, 0.5) is 0 Å². The molecule has 3 heterocycles. The molecule has 2 aromatic heterocycles. The van der Waals surface area contributed by atoms with Crippen molar-refractivity contribution in [3.63, 3.8) is 0 Å². The largest absolute Gasteiger partial charge is 0.489 e. The SMILES string of the molecule is N#Cc1cncc(COc2cc(Cn3ncc4c(-c5cccc(-c6ccc(CNCC7CCC(=O)N7)cc6)c5Cl)cccc43)c(Cl)cc2CN[C@@H](CO)C(=O)O)c1. The maximum Gasteiger partial charge on any atom is 0.323 e. The van der Waals surface area contributed by atoms with Gasteiger partial charge in [0.25, 0.3) is 0 Å². The zero-order valence-corrected chi connectivity index (χ0v) is 32.2. The van der Waals surface area contributed by atoms with Crippen LogP contribution in [0.25, 0.3) is 33.2 Å². The Balaban J connectivity index is 1.12. The number of benzene rings is 4. The summed E-state index contributed by atoms with van der Waals surface area (Å²) in [5.74, 6) is -0.634. The number of ether oxygens (including phenoxy) is 1. The van der Waals surface area contributed by atoms with E-state index < -0.39 is 18.6 Å². The Morgan fingerprint density at radius 1 is 0.982 bits per heavy atom. The molecule has 4 aromatic carbocycles. The molecule has 12 nitrogen and oxygen atoms in total. The molecule has 57 heavy (non-hydrogen) atoms. The lowest BCUT2D eigenvalue weighted by molar-refractivity contribution is -0.140. The van der Waals surface area contributed by atoms with E-state index in [0.717, 1.165) is 51.7 Å². The normalized spacial score (nSPS) is 14.4. The topological polar surface area (TPSA) is 174 Å². The Labute approximate surface area is 339 Å². The van der Waals surface area contributed by atoms with E-state index in [1.54, 1.807) is 24.4 Å². The number of hydrogen-bond acceptors (Lipinski definition) is 9. The fourth-order valence-electron chi connectivity index (χ4n) is 6.89. The molecule has 290 valence electrons. The van der Waals surface area contributed by atoms with Crippen molar-refractivity contribution in [2.75, 3.05) is 13.2 Å². The number of fused-ring (bicyclic) bond motifs is 1. The molecule has 1 saturated heterocycles. The van der Waals surface area contributed by atoms with Gasteiger partial charge in [-0.15, -0.1) is 0 Å². The number of aliphatic hydroxyl groups is 1. The minimum atomic E-state index is -1.19. The van der Waals surface area contributed by atoms with Gasteiger partial charge in [-0.3, -0.25) is 24.6 Å². The second-order valence-corrected chi connectivity index (χ2v) is 14.6. The van der Waals surface area contributed by atoms with Gasteiger partial charge in [-0.2, -0.15) is 10.4 Å². The number of carbonyl (C=O) groups is 2. The van der Waals surface area contributed by atoms with Gasteiger partial charge in [0.1, 0.15) is 24.5 Å². The number of amides is 1. The van der Waals surface area contributed by atoms with Crippen LogP contribution >= 0.6 is 23.2 Å². The number of hydrogen-bond donors (Lipinski definition) is 5. The van der Waals surface area contributed by atoms with Crippen LogP contribution in [0.3, 0.4) is 0 Å². The van der Waals surface area contributed by atoms with Crippen molar-refractivity contribution in [1.29, 1.82) is 5.26 Å². The molecule has 1 unspecified atom stereocenters. The number of nitriles is 1. The highest BCUT2D eigenvalue weighted by atomic mass is 35.5. The third-order valence-electron chi connectivity index (χ3n) is 9.93. The average Bonchev–Trinajstić information content (AvgIpc) is 3.84. The highest BCUT2D eigenvalue weighted by molar-refractivity contribution is 6.36. The Morgan fingerprint density at radius 2 is 1.77 bits per heavy atom. The fraction of sp³-hybridized carbons (Fsp3) is 0.233. The third kappa shape index (κ3) is 9.26. The van der Waals surface area contributed by atoms with E-state index in [-0.39, 0.29) is 25.1 Å². The van der Waals surface area contributed by atoms with E-state index in [9.17, 15) is 25.1 Å². The second-order valence-electron chi connectivity index (χ2n) is 13.8. The minimum absolute atomic E-state index is 0.0565. The summed E-state index contributed by atoms with van der Waals surface area (Å²) in [5.41, 5.74) is 8.04. The molecule has 7 rings (SSSR count). The lowest BCUT2D eigenvalue weighted by atomic mass is 9.96. The zero-order valence-electron chi connectivity index (χ0n) is 30.7.